The zero-order chi connectivity index (χ0) is 13.0. The van der Waals surface area contributed by atoms with Gasteiger partial charge in [-0.05, 0) is 35.4 Å². The fourth-order valence-electron chi connectivity index (χ4n) is 1.93. The Kier molecular flexibility index (Phi) is 4.78. The Morgan fingerprint density at radius 3 is 2.39 bits per heavy atom. The molecule has 0 aliphatic rings. The molecule has 2 rings (SSSR count). The van der Waals surface area contributed by atoms with Crippen molar-refractivity contribution in [1.82, 2.24) is 5.43 Å². The number of hydrazine groups is 1. The lowest BCUT2D eigenvalue weighted by Crippen LogP contribution is -2.29. The molecule has 3 N–H and O–H groups in total. The topological polar surface area (TPSA) is 38.0 Å². The van der Waals surface area contributed by atoms with Crippen molar-refractivity contribution in [2.45, 2.75) is 25.8 Å². The van der Waals surface area contributed by atoms with Crippen molar-refractivity contribution >= 4 is 22.9 Å². The first-order chi connectivity index (χ1) is 8.74. The van der Waals surface area contributed by atoms with Gasteiger partial charge in [0.2, 0.25) is 0 Å². The fourth-order valence-corrected chi connectivity index (χ4v) is 3.18. The van der Waals surface area contributed by atoms with Gasteiger partial charge in [-0.3, -0.25) is 11.3 Å². The number of nitrogens with one attached hydrogen (secondary N) is 1. The summed E-state index contributed by atoms with van der Waals surface area (Å²) in [5, 5.41) is 2.77. The second kappa shape index (κ2) is 6.34. The third-order valence-electron chi connectivity index (χ3n) is 3.03. The molecule has 96 valence electrons. The molecule has 0 saturated heterocycles. The molecule has 4 heteroatoms. The van der Waals surface area contributed by atoms with Crippen LogP contribution in [0.4, 0.5) is 0 Å². The van der Waals surface area contributed by atoms with Crippen molar-refractivity contribution in [2.75, 3.05) is 0 Å². The second-order valence-electron chi connectivity index (χ2n) is 4.23. The number of benzene rings is 1. The molecule has 1 heterocycles. The number of hydrogen-bond acceptors (Lipinski definition) is 3. The van der Waals surface area contributed by atoms with Gasteiger partial charge in [-0.25, -0.2) is 0 Å². The van der Waals surface area contributed by atoms with E-state index in [1.807, 2.05) is 11.4 Å². The van der Waals surface area contributed by atoms with Crippen molar-refractivity contribution in [3.05, 3.63) is 56.7 Å². The summed E-state index contributed by atoms with van der Waals surface area (Å²) >= 11 is 7.78. The van der Waals surface area contributed by atoms with E-state index in [1.54, 1.807) is 11.3 Å². The fraction of sp³-hybridized carbons (Fsp3) is 0.286. The van der Waals surface area contributed by atoms with Crippen LogP contribution in [0, 0.1) is 0 Å². The van der Waals surface area contributed by atoms with Gasteiger partial charge in [-0.2, -0.15) is 0 Å². The SMILES string of the molecule is CCc1ccc(CC(NN)c2sccc2Cl)cc1. The van der Waals surface area contributed by atoms with Crippen LogP contribution < -0.4 is 11.3 Å². The lowest BCUT2D eigenvalue weighted by atomic mass is 10.0. The Morgan fingerprint density at radius 2 is 1.89 bits per heavy atom. The minimum Gasteiger partial charge on any atom is -0.271 e. The van der Waals surface area contributed by atoms with E-state index in [-0.39, 0.29) is 6.04 Å². The van der Waals surface area contributed by atoms with Gasteiger partial charge in [0.15, 0.2) is 0 Å². The lowest BCUT2D eigenvalue weighted by molar-refractivity contribution is 0.561. The van der Waals surface area contributed by atoms with E-state index in [2.05, 4.69) is 36.6 Å². The van der Waals surface area contributed by atoms with E-state index in [0.717, 1.165) is 22.7 Å². The standard InChI is InChI=1S/C14H17ClN2S/c1-2-10-3-5-11(6-4-10)9-13(17-16)14-12(15)7-8-18-14/h3-8,13,17H,2,9,16H2,1H3. The zero-order valence-corrected chi connectivity index (χ0v) is 11.9. The minimum absolute atomic E-state index is 0.0741. The van der Waals surface area contributed by atoms with Crippen LogP contribution in [0.3, 0.4) is 0 Å². The predicted molar refractivity (Wildman–Crippen MR) is 78.9 cm³/mol. The quantitative estimate of drug-likeness (QED) is 0.647. The summed E-state index contributed by atoms with van der Waals surface area (Å²) in [6, 6.07) is 10.6. The van der Waals surface area contributed by atoms with Gasteiger partial charge in [-0.15, -0.1) is 11.3 Å². The van der Waals surface area contributed by atoms with Crippen molar-refractivity contribution < 1.29 is 0 Å². The number of nitrogens with two attached hydrogens (primary N) is 1. The molecule has 2 aromatic rings. The summed E-state index contributed by atoms with van der Waals surface area (Å²) in [6.45, 7) is 2.16. The van der Waals surface area contributed by atoms with Crippen molar-refractivity contribution in [3.8, 4) is 0 Å². The van der Waals surface area contributed by atoms with E-state index < -0.39 is 0 Å². The van der Waals surface area contributed by atoms with Crippen LogP contribution in [0.1, 0.15) is 29.0 Å². The van der Waals surface area contributed by atoms with E-state index in [0.29, 0.717) is 0 Å². The molecule has 18 heavy (non-hydrogen) atoms. The summed E-state index contributed by atoms with van der Waals surface area (Å²) in [6.07, 6.45) is 1.91. The number of hydrogen-bond donors (Lipinski definition) is 2. The van der Waals surface area contributed by atoms with Crippen molar-refractivity contribution in [3.63, 3.8) is 0 Å². The monoisotopic (exact) mass is 280 g/mol. The van der Waals surface area contributed by atoms with E-state index in [4.69, 9.17) is 17.4 Å². The van der Waals surface area contributed by atoms with Gasteiger partial charge >= 0.3 is 0 Å². The Hall–Kier alpha value is -0.870. The second-order valence-corrected chi connectivity index (χ2v) is 5.58. The third kappa shape index (κ3) is 3.12. The molecule has 1 aromatic heterocycles. The lowest BCUT2D eigenvalue weighted by Gasteiger charge is -2.15. The highest BCUT2D eigenvalue weighted by atomic mass is 35.5. The first-order valence-electron chi connectivity index (χ1n) is 6.01. The smallest absolute Gasteiger partial charge is 0.0608 e. The van der Waals surface area contributed by atoms with Crippen LogP contribution in [0.5, 0.6) is 0 Å². The molecule has 0 aliphatic heterocycles. The Bertz CT molecular complexity index is 493. The first-order valence-corrected chi connectivity index (χ1v) is 7.27. The zero-order valence-electron chi connectivity index (χ0n) is 10.3. The van der Waals surface area contributed by atoms with E-state index >= 15 is 0 Å². The molecule has 0 fully saturated rings. The molecule has 0 amide bonds. The molecule has 0 spiro atoms. The summed E-state index contributed by atoms with van der Waals surface area (Å²) < 4.78 is 0. The number of rotatable bonds is 5. The van der Waals surface area contributed by atoms with Crippen molar-refractivity contribution in [1.29, 1.82) is 0 Å². The van der Waals surface area contributed by atoms with E-state index in [1.165, 1.54) is 11.1 Å². The van der Waals surface area contributed by atoms with Gasteiger partial charge in [0, 0.05) is 4.88 Å². The van der Waals surface area contributed by atoms with E-state index in [9.17, 15) is 0 Å². The van der Waals surface area contributed by atoms with Gasteiger partial charge in [0.05, 0.1) is 11.1 Å². The Balaban J connectivity index is 2.13. The van der Waals surface area contributed by atoms with Crippen LogP contribution >= 0.6 is 22.9 Å². The molecule has 1 atom stereocenters. The molecule has 1 aromatic carbocycles. The molecule has 0 bridgehead atoms. The summed E-state index contributed by atoms with van der Waals surface area (Å²) in [5.41, 5.74) is 5.46. The van der Waals surface area contributed by atoms with Crippen LogP contribution in [-0.4, -0.2) is 0 Å². The van der Waals surface area contributed by atoms with Gasteiger partial charge in [0.25, 0.3) is 0 Å². The summed E-state index contributed by atoms with van der Waals surface area (Å²) in [5.74, 6) is 5.63. The molecule has 0 radical (unpaired) electrons. The predicted octanol–water partition coefficient (Wildman–Crippen LogP) is 3.71. The average molecular weight is 281 g/mol. The van der Waals surface area contributed by atoms with Crippen LogP contribution in [0.25, 0.3) is 0 Å². The average Bonchev–Trinajstić information content (AvgIpc) is 2.83. The molecule has 2 nitrogen and oxygen atoms in total. The normalized spacial score (nSPS) is 12.6. The number of halogens is 1. The van der Waals surface area contributed by atoms with Crippen LogP contribution in [0.2, 0.25) is 5.02 Å². The largest absolute Gasteiger partial charge is 0.271 e. The first kappa shape index (κ1) is 13.6. The number of thiophene rings is 1. The van der Waals surface area contributed by atoms with Gasteiger partial charge < -0.3 is 0 Å². The maximum absolute atomic E-state index is 6.14. The Morgan fingerprint density at radius 1 is 1.22 bits per heavy atom. The third-order valence-corrected chi connectivity index (χ3v) is 4.51. The highest BCUT2D eigenvalue weighted by molar-refractivity contribution is 7.10. The van der Waals surface area contributed by atoms with Gasteiger partial charge in [-0.1, -0.05) is 42.8 Å². The van der Waals surface area contributed by atoms with Crippen LogP contribution in [-0.2, 0) is 12.8 Å². The molecular formula is C14H17ClN2S. The molecule has 1 unspecified atom stereocenters. The molecule has 0 aliphatic carbocycles. The molecular weight excluding hydrogens is 264 g/mol. The number of aryl methyl sites for hydroxylation is 1. The maximum atomic E-state index is 6.14. The summed E-state index contributed by atoms with van der Waals surface area (Å²) in [7, 11) is 0. The molecule has 0 saturated carbocycles. The van der Waals surface area contributed by atoms with Crippen molar-refractivity contribution in [2.24, 2.45) is 5.84 Å². The highest BCUT2D eigenvalue weighted by Gasteiger charge is 2.15. The van der Waals surface area contributed by atoms with Crippen LogP contribution in [0.15, 0.2) is 35.7 Å². The summed E-state index contributed by atoms with van der Waals surface area (Å²) in [4.78, 5) is 1.10. The maximum Gasteiger partial charge on any atom is 0.0608 e. The Labute approximate surface area is 117 Å². The highest BCUT2D eigenvalue weighted by Crippen LogP contribution is 2.30. The minimum atomic E-state index is 0.0741. The van der Waals surface area contributed by atoms with Gasteiger partial charge in [0.1, 0.15) is 0 Å².